The topological polar surface area (TPSA) is 84.0 Å². The lowest BCUT2D eigenvalue weighted by Gasteiger charge is -2.10. The van der Waals surface area contributed by atoms with E-state index in [1.165, 1.54) is 0 Å². The lowest BCUT2D eigenvalue weighted by atomic mass is 10.2. The van der Waals surface area contributed by atoms with Gasteiger partial charge in [0, 0.05) is 41.8 Å². The van der Waals surface area contributed by atoms with Gasteiger partial charge in [0.2, 0.25) is 5.91 Å². The van der Waals surface area contributed by atoms with E-state index < -0.39 is 10.8 Å². The fourth-order valence-corrected chi connectivity index (χ4v) is 3.54. The second kappa shape index (κ2) is 10.5. The van der Waals surface area contributed by atoms with Crippen molar-refractivity contribution in [2.45, 2.75) is 50.8 Å². The highest BCUT2D eigenvalue weighted by Gasteiger charge is 2.08. The van der Waals surface area contributed by atoms with Crippen molar-refractivity contribution in [2.75, 3.05) is 12.8 Å². The van der Waals surface area contributed by atoms with Crippen LogP contribution in [0.2, 0.25) is 0 Å². The number of carbonyl (C=O) groups is 1. The number of amides is 1. The van der Waals surface area contributed by atoms with Gasteiger partial charge in [-0.05, 0) is 43.6 Å². The summed E-state index contributed by atoms with van der Waals surface area (Å²) in [7, 11) is -0.855. The summed E-state index contributed by atoms with van der Waals surface area (Å²) >= 11 is 5.30. The van der Waals surface area contributed by atoms with Crippen molar-refractivity contribution in [3.8, 4) is 0 Å². The van der Waals surface area contributed by atoms with E-state index >= 15 is 0 Å². The van der Waals surface area contributed by atoms with E-state index in [0.29, 0.717) is 29.7 Å². The molecular weight excluding hydrogens is 382 g/mol. The van der Waals surface area contributed by atoms with Crippen LogP contribution in [-0.2, 0) is 22.1 Å². The number of carbonyl (C=O) groups excluding carboxylic acids is 1. The monoisotopic (exact) mass is 409 g/mol. The second-order valence-electron chi connectivity index (χ2n) is 6.69. The van der Waals surface area contributed by atoms with Crippen LogP contribution in [0, 0.1) is 4.77 Å². The minimum Gasteiger partial charge on any atom is -0.356 e. The Hall–Kier alpha value is -1.80. The number of H-pyrrole nitrogens is 1. The lowest BCUT2D eigenvalue weighted by molar-refractivity contribution is -0.121. The first-order valence-corrected chi connectivity index (χ1v) is 11.2. The van der Waals surface area contributed by atoms with Crippen LogP contribution < -0.4 is 10.9 Å². The number of hydrogen-bond donors (Lipinski definition) is 2. The smallest absolute Gasteiger partial charge is 0.262 e. The van der Waals surface area contributed by atoms with Crippen LogP contribution in [0.15, 0.2) is 29.1 Å². The van der Waals surface area contributed by atoms with Crippen molar-refractivity contribution in [2.24, 2.45) is 0 Å². The lowest BCUT2D eigenvalue weighted by Crippen LogP contribution is -2.27. The molecule has 2 aromatic rings. The number of unbranched alkanes of at least 4 members (excludes halogenated alkanes) is 2. The molecule has 0 aliphatic carbocycles. The van der Waals surface area contributed by atoms with E-state index in [0.717, 1.165) is 31.2 Å². The first kappa shape index (κ1) is 21.5. The Morgan fingerprint density at radius 3 is 2.78 bits per heavy atom. The number of aromatic amines is 1. The fourth-order valence-electron chi connectivity index (χ4n) is 2.80. The van der Waals surface area contributed by atoms with Gasteiger partial charge >= 0.3 is 0 Å². The second-order valence-corrected chi connectivity index (χ2v) is 8.88. The van der Waals surface area contributed by atoms with Crippen LogP contribution in [0.1, 0.15) is 39.0 Å². The quantitative estimate of drug-likeness (QED) is 0.467. The zero-order valence-electron chi connectivity index (χ0n) is 15.8. The summed E-state index contributed by atoms with van der Waals surface area (Å²) in [4.78, 5) is 27.4. The van der Waals surface area contributed by atoms with Gasteiger partial charge < -0.3 is 10.3 Å². The largest absolute Gasteiger partial charge is 0.356 e. The predicted octanol–water partition coefficient (Wildman–Crippen LogP) is 2.89. The molecule has 0 bridgehead atoms. The molecule has 2 rings (SSSR count). The van der Waals surface area contributed by atoms with Crippen molar-refractivity contribution in [3.05, 3.63) is 39.4 Å². The molecule has 0 spiro atoms. The molecule has 0 radical (unpaired) electrons. The highest BCUT2D eigenvalue weighted by atomic mass is 32.2. The van der Waals surface area contributed by atoms with Crippen LogP contribution in [0.5, 0.6) is 0 Å². The third-order valence-electron chi connectivity index (χ3n) is 4.61. The van der Waals surface area contributed by atoms with Gasteiger partial charge in [-0.1, -0.05) is 25.5 Å². The molecule has 1 heterocycles. The molecule has 27 heavy (non-hydrogen) atoms. The van der Waals surface area contributed by atoms with Crippen molar-refractivity contribution in [1.29, 1.82) is 0 Å². The SMILES string of the molecule is C[C@H](CCNC(=O)CCCCCn1c(=S)[nH]c2ccccc2c1=O)[S@](C)=O. The molecule has 0 saturated heterocycles. The van der Waals surface area contributed by atoms with Gasteiger partial charge in [-0.15, -0.1) is 0 Å². The Labute approximate surface area is 166 Å². The molecule has 0 aliphatic rings. The van der Waals surface area contributed by atoms with Gasteiger partial charge in [-0.2, -0.15) is 0 Å². The number of aromatic nitrogens is 2. The zero-order valence-corrected chi connectivity index (χ0v) is 17.5. The summed E-state index contributed by atoms with van der Waals surface area (Å²) in [5, 5.41) is 3.59. The summed E-state index contributed by atoms with van der Waals surface area (Å²) < 4.78 is 13.3. The van der Waals surface area contributed by atoms with Crippen LogP contribution >= 0.6 is 12.2 Å². The molecule has 8 heteroatoms. The molecule has 2 N–H and O–H groups in total. The fraction of sp³-hybridized carbons (Fsp3) is 0.526. The molecule has 1 aromatic carbocycles. The maximum Gasteiger partial charge on any atom is 0.262 e. The summed E-state index contributed by atoms with van der Waals surface area (Å²) in [5.41, 5.74) is 0.677. The molecule has 0 saturated carbocycles. The van der Waals surface area contributed by atoms with Crippen LogP contribution in [0.3, 0.4) is 0 Å². The number of nitrogens with zero attached hydrogens (tertiary/aromatic N) is 1. The normalized spacial score (nSPS) is 13.4. The number of para-hydroxylation sites is 1. The van der Waals surface area contributed by atoms with Gasteiger partial charge in [-0.25, -0.2) is 0 Å². The first-order chi connectivity index (χ1) is 12.9. The number of benzene rings is 1. The van der Waals surface area contributed by atoms with Gasteiger partial charge in [-0.3, -0.25) is 18.4 Å². The maximum absolute atomic E-state index is 12.5. The van der Waals surface area contributed by atoms with E-state index in [9.17, 15) is 13.8 Å². The third kappa shape index (κ3) is 6.39. The summed E-state index contributed by atoms with van der Waals surface area (Å²) in [6.07, 6.45) is 5.26. The Morgan fingerprint density at radius 1 is 1.30 bits per heavy atom. The van der Waals surface area contributed by atoms with Gasteiger partial charge in [0.05, 0.1) is 10.9 Å². The predicted molar refractivity (Wildman–Crippen MR) is 113 cm³/mol. The maximum atomic E-state index is 12.5. The van der Waals surface area contributed by atoms with Gasteiger partial charge in [0.15, 0.2) is 4.77 Å². The van der Waals surface area contributed by atoms with Crippen molar-refractivity contribution >= 4 is 39.8 Å². The molecule has 2 atom stereocenters. The summed E-state index contributed by atoms with van der Waals surface area (Å²) in [6.45, 7) is 3.02. The van der Waals surface area contributed by atoms with E-state index in [1.807, 2.05) is 25.1 Å². The molecule has 0 fully saturated rings. The Morgan fingerprint density at radius 2 is 2.04 bits per heavy atom. The average molecular weight is 410 g/mol. The molecule has 148 valence electrons. The molecule has 0 unspecified atom stereocenters. The Bertz CT molecular complexity index is 920. The summed E-state index contributed by atoms with van der Waals surface area (Å²) in [6, 6.07) is 7.33. The van der Waals surface area contributed by atoms with Gasteiger partial charge in [0.1, 0.15) is 0 Å². The van der Waals surface area contributed by atoms with E-state index in [-0.39, 0.29) is 16.7 Å². The number of rotatable bonds is 10. The van der Waals surface area contributed by atoms with E-state index in [1.54, 1.807) is 16.9 Å². The first-order valence-electron chi connectivity index (χ1n) is 9.21. The number of hydrogen-bond acceptors (Lipinski definition) is 4. The van der Waals surface area contributed by atoms with Gasteiger partial charge in [0.25, 0.3) is 5.56 Å². The number of nitrogens with one attached hydrogen (secondary N) is 2. The van der Waals surface area contributed by atoms with Crippen molar-refractivity contribution < 1.29 is 9.00 Å². The third-order valence-corrected chi connectivity index (χ3v) is 6.31. The minimum atomic E-state index is -0.855. The van der Waals surface area contributed by atoms with Crippen LogP contribution in [0.25, 0.3) is 10.9 Å². The van der Waals surface area contributed by atoms with Crippen LogP contribution in [-0.4, -0.2) is 37.7 Å². The van der Waals surface area contributed by atoms with Crippen LogP contribution in [0.4, 0.5) is 0 Å². The molecule has 6 nitrogen and oxygen atoms in total. The standard InChI is InChI=1S/C19H27N3O3S2/c1-14(27(2)25)11-12-20-17(23)10-4-3-7-13-22-18(24)15-8-5-6-9-16(15)21-19(22)26/h5-6,8-9,14H,3-4,7,10-13H2,1-2H3,(H,20,23)(H,21,26)/t14-,27+/m1/s1. The van der Waals surface area contributed by atoms with Crippen molar-refractivity contribution in [3.63, 3.8) is 0 Å². The van der Waals surface area contributed by atoms with E-state index in [4.69, 9.17) is 12.2 Å². The molecular formula is C19H27N3O3S2. The molecule has 1 amide bonds. The minimum absolute atomic E-state index is 0.0178. The highest BCUT2D eigenvalue weighted by Crippen LogP contribution is 2.07. The average Bonchev–Trinajstić information content (AvgIpc) is 2.63. The molecule has 1 aromatic heterocycles. The Balaban J connectivity index is 1.74. The number of fused-ring (bicyclic) bond motifs is 1. The van der Waals surface area contributed by atoms with E-state index in [2.05, 4.69) is 10.3 Å². The van der Waals surface area contributed by atoms with Crippen molar-refractivity contribution in [1.82, 2.24) is 14.9 Å². The molecule has 0 aliphatic heterocycles. The zero-order chi connectivity index (χ0) is 19.8. The summed E-state index contributed by atoms with van der Waals surface area (Å²) in [5.74, 6) is 0.0178. The Kier molecular flexibility index (Phi) is 8.37. The highest BCUT2D eigenvalue weighted by molar-refractivity contribution is 7.84.